The van der Waals surface area contributed by atoms with Crippen molar-refractivity contribution in [2.45, 2.75) is 66.7 Å². The second kappa shape index (κ2) is 9.96. The number of esters is 1. The van der Waals surface area contributed by atoms with Gasteiger partial charge in [-0.25, -0.2) is 0 Å². The number of carbonyl (C=O) groups is 2. The van der Waals surface area contributed by atoms with Crippen molar-refractivity contribution in [2.24, 2.45) is 5.41 Å². The van der Waals surface area contributed by atoms with Gasteiger partial charge in [-0.15, -0.1) is 0 Å². The van der Waals surface area contributed by atoms with Gasteiger partial charge in [-0.05, 0) is 109 Å². The first-order valence-electron chi connectivity index (χ1n) is 12.7. The normalized spacial score (nSPS) is 17.9. The van der Waals surface area contributed by atoms with Crippen molar-refractivity contribution >= 4 is 22.6 Å². The lowest BCUT2D eigenvalue weighted by atomic mass is 9.70. The summed E-state index contributed by atoms with van der Waals surface area (Å²) in [4.78, 5) is 24.8. The van der Waals surface area contributed by atoms with Crippen LogP contribution in [0.1, 0.15) is 66.5 Å². The number of hydrogen-bond donors (Lipinski definition) is 1. The Hall–Kier alpha value is -3.34. The minimum atomic E-state index is -0.288. The van der Waals surface area contributed by atoms with Crippen LogP contribution in [0.3, 0.4) is 0 Å². The van der Waals surface area contributed by atoms with E-state index in [1.165, 1.54) is 23.6 Å². The zero-order chi connectivity index (χ0) is 26.2. The van der Waals surface area contributed by atoms with Gasteiger partial charge in [0.1, 0.15) is 11.5 Å². The van der Waals surface area contributed by atoms with Gasteiger partial charge in [-0.2, -0.15) is 0 Å². The predicted octanol–water partition coefficient (Wildman–Crippen LogP) is 6.11. The van der Waals surface area contributed by atoms with Gasteiger partial charge in [0.2, 0.25) is 5.91 Å². The van der Waals surface area contributed by atoms with Crippen LogP contribution in [-0.2, 0) is 22.4 Å². The Morgan fingerprint density at radius 2 is 1.69 bits per heavy atom. The molecule has 3 aromatic carbocycles. The van der Waals surface area contributed by atoms with Crippen LogP contribution >= 0.6 is 0 Å². The molecule has 5 heteroatoms. The van der Waals surface area contributed by atoms with Crippen LogP contribution in [0, 0.1) is 26.2 Å². The van der Waals surface area contributed by atoms with Gasteiger partial charge in [-0.3, -0.25) is 9.59 Å². The summed E-state index contributed by atoms with van der Waals surface area (Å²) in [6.07, 6.45) is 2.77. The highest BCUT2D eigenvalue weighted by Crippen LogP contribution is 2.42. The summed E-state index contributed by atoms with van der Waals surface area (Å²) in [6, 6.07) is 12.1. The van der Waals surface area contributed by atoms with Gasteiger partial charge < -0.3 is 14.8 Å². The number of ether oxygens (including phenoxy) is 2. The third kappa shape index (κ3) is 4.97. The Morgan fingerprint density at radius 1 is 1.00 bits per heavy atom. The molecule has 4 rings (SSSR count). The summed E-state index contributed by atoms with van der Waals surface area (Å²) in [5.41, 5.74) is 6.87. The molecule has 3 aromatic rings. The number of benzene rings is 3. The average molecular weight is 488 g/mol. The first kappa shape index (κ1) is 25.7. The van der Waals surface area contributed by atoms with Crippen LogP contribution in [0.15, 0.2) is 36.4 Å². The summed E-state index contributed by atoms with van der Waals surface area (Å²) in [5, 5.41) is 5.44. The van der Waals surface area contributed by atoms with Crippen LogP contribution in [0.4, 0.5) is 0 Å². The minimum Gasteiger partial charge on any atom is -0.497 e. The molecular formula is C31H37NO4. The zero-order valence-corrected chi connectivity index (χ0v) is 22.5. The van der Waals surface area contributed by atoms with Crippen molar-refractivity contribution in [3.8, 4) is 11.5 Å². The van der Waals surface area contributed by atoms with E-state index in [2.05, 4.69) is 32.2 Å². The fourth-order valence-corrected chi connectivity index (χ4v) is 5.48. The fourth-order valence-electron chi connectivity index (χ4n) is 5.48. The summed E-state index contributed by atoms with van der Waals surface area (Å²) < 4.78 is 10.9. The Bertz CT molecular complexity index is 1340. The van der Waals surface area contributed by atoms with Crippen LogP contribution in [0.25, 0.3) is 10.8 Å². The van der Waals surface area contributed by atoms with Gasteiger partial charge in [0, 0.05) is 13.5 Å². The van der Waals surface area contributed by atoms with Crippen molar-refractivity contribution in [2.75, 3.05) is 13.7 Å². The number of methoxy groups -OCH3 is 1. The first-order valence-corrected chi connectivity index (χ1v) is 12.7. The molecule has 36 heavy (non-hydrogen) atoms. The topological polar surface area (TPSA) is 64.6 Å². The van der Waals surface area contributed by atoms with Crippen LogP contribution in [0.5, 0.6) is 11.5 Å². The fraction of sp³-hybridized carbons (Fsp3) is 0.419. The number of carbonyl (C=O) groups excluding carboxylic acids is 2. The van der Waals surface area contributed by atoms with Gasteiger partial charge >= 0.3 is 5.97 Å². The van der Waals surface area contributed by atoms with Gasteiger partial charge in [0.25, 0.3) is 0 Å². The van der Waals surface area contributed by atoms with Crippen LogP contribution in [-0.4, -0.2) is 25.5 Å². The Labute approximate surface area is 214 Å². The second-order valence-electron chi connectivity index (χ2n) is 10.7. The Morgan fingerprint density at radius 3 is 2.39 bits per heavy atom. The largest absolute Gasteiger partial charge is 0.497 e. The highest BCUT2D eigenvalue weighted by molar-refractivity contribution is 5.88. The molecule has 1 aliphatic carbocycles. The van der Waals surface area contributed by atoms with Crippen molar-refractivity contribution < 1.29 is 19.1 Å². The standard InChI is InChI=1S/C31H37NO4/c1-18-19(2)29(36-22(5)33)21(4)27-12-13-31(6,16-28(18)27)17-32-30(34)20(3)23-8-9-25-15-26(35-7)11-10-24(25)14-23/h8-11,14-15,20H,12-13,16-17H2,1-7H3,(H,32,34)/t20-,31-/m0/s1. The van der Waals surface area contributed by atoms with E-state index in [1.807, 2.05) is 44.2 Å². The highest BCUT2D eigenvalue weighted by Gasteiger charge is 2.34. The van der Waals surface area contributed by atoms with Crippen molar-refractivity contribution in [1.82, 2.24) is 5.32 Å². The molecule has 0 unspecified atom stereocenters. The molecule has 0 aromatic heterocycles. The number of nitrogens with one attached hydrogen (secondary N) is 1. The van der Waals surface area contributed by atoms with E-state index in [9.17, 15) is 9.59 Å². The van der Waals surface area contributed by atoms with E-state index in [4.69, 9.17) is 9.47 Å². The molecule has 2 atom stereocenters. The average Bonchev–Trinajstić information content (AvgIpc) is 2.87. The maximum absolute atomic E-state index is 13.2. The lowest BCUT2D eigenvalue weighted by Gasteiger charge is -2.37. The molecule has 190 valence electrons. The first-order chi connectivity index (χ1) is 17.0. The lowest BCUT2D eigenvalue weighted by Crippen LogP contribution is -2.41. The van der Waals surface area contributed by atoms with Gasteiger partial charge in [-0.1, -0.05) is 31.2 Å². The molecule has 1 aliphatic rings. The molecule has 0 aliphatic heterocycles. The van der Waals surface area contributed by atoms with E-state index in [-0.39, 0.29) is 23.2 Å². The second-order valence-corrected chi connectivity index (χ2v) is 10.7. The van der Waals surface area contributed by atoms with E-state index in [1.54, 1.807) is 7.11 Å². The summed E-state index contributed by atoms with van der Waals surface area (Å²) >= 11 is 0. The lowest BCUT2D eigenvalue weighted by molar-refractivity contribution is -0.132. The third-order valence-electron chi connectivity index (χ3n) is 8.00. The van der Waals surface area contributed by atoms with E-state index < -0.39 is 0 Å². The van der Waals surface area contributed by atoms with Crippen LogP contribution in [0.2, 0.25) is 0 Å². The predicted molar refractivity (Wildman–Crippen MR) is 144 cm³/mol. The molecule has 5 nitrogen and oxygen atoms in total. The maximum atomic E-state index is 13.2. The number of fused-ring (bicyclic) bond motifs is 2. The van der Waals surface area contributed by atoms with Crippen molar-refractivity contribution in [3.63, 3.8) is 0 Å². The monoisotopic (exact) mass is 487 g/mol. The van der Waals surface area contributed by atoms with E-state index in [0.717, 1.165) is 52.5 Å². The van der Waals surface area contributed by atoms with Crippen LogP contribution < -0.4 is 14.8 Å². The maximum Gasteiger partial charge on any atom is 0.308 e. The molecular weight excluding hydrogens is 450 g/mol. The third-order valence-corrected chi connectivity index (χ3v) is 8.00. The summed E-state index contributed by atoms with van der Waals surface area (Å²) in [7, 11) is 1.66. The number of amides is 1. The molecule has 1 N–H and O–H groups in total. The highest BCUT2D eigenvalue weighted by atomic mass is 16.5. The zero-order valence-electron chi connectivity index (χ0n) is 22.5. The minimum absolute atomic E-state index is 0.0328. The Kier molecular flexibility index (Phi) is 7.12. The summed E-state index contributed by atoms with van der Waals surface area (Å²) in [5.74, 6) is 1.05. The molecule has 0 fully saturated rings. The number of hydrogen-bond acceptors (Lipinski definition) is 4. The summed E-state index contributed by atoms with van der Waals surface area (Å²) in [6.45, 7) is 12.5. The molecule has 0 bridgehead atoms. The molecule has 0 spiro atoms. The molecule has 0 saturated carbocycles. The van der Waals surface area contributed by atoms with Gasteiger partial charge in [0.15, 0.2) is 0 Å². The quantitative estimate of drug-likeness (QED) is 0.336. The Balaban J connectivity index is 1.48. The van der Waals surface area contributed by atoms with Crippen molar-refractivity contribution in [1.29, 1.82) is 0 Å². The van der Waals surface area contributed by atoms with E-state index in [0.29, 0.717) is 12.3 Å². The number of rotatable bonds is 6. The molecule has 0 heterocycles. The van der Waals surface area contributed by atoms with Gasteiger partial charge in [0.05, 0.1) is 13.0 Å². The smallest absolute Gasteiger partial charge is 0.308 e. The molecule has 0 radical (unpaired) electrons. The van der Waals surface area contributed by atoms with Crippen molar-refractivity contribution in [3.05, 3.63) is 69.8 Å². The van der Waals surface area contributed by atoms with E-state index >= 15 is 0 Å². The SMILES string of the molecule is COc1ccc2cc([C@H](C)C(=O)NC[C@@]3(C)CCc4c(C)c(OC(C)=O)c(C)c(C)c4C3)ccc2c1. The molecule has 1 amide bonds. The molecule has 0 saturated heterocycles.